The molecule has 3 aromatic rings. The van der Waals surface area contributed by atoms with E-state index in [2.05, 4.69) is 29.2 Å². The number of ether oxygens (including phenoxy) is 1. The Hall–Kier alpha value is -2.62. The number of hydrogen-bond acceptors (Lipinski definition) is 3. The third-order valence-corrected chi connectivity index (χ3v) is 5.13. The van der Waals surface area contributed by atoms with Crippen LogP contribution in [0.1, 0.15) is 43.0 Å². The molecule has 3 rings (SSSR count). The topological polar surface area (TPSA) is 29.5 Å². The molecule has 1 unspecified atom stereocenters. The van der Waals surface area contributed by atoms with Crippen molar-refractivity contribution in [2.75, 3.05) is 0 Å². The standard InChI is InChI=1S/C26H28ClNO2/c1-20(2)30-26(29)17-25(23-13-15-24(27)16-14-23)28(18-21-9-5-3-6-10-21)19-22-11-7-4-8-12-22/h3-16,20,25H,17-19H2,1-2H3. The maximum absolute atomic E-state index is 12.6. The van der Waals surface area contributed by atoms with E-state index in [0.717, 1.165) is 18.7 Å². The van der Waals surface area contributed by atoms with Crippen molar-refractivity contribution in [1.29, 1.82) is 0 Å². The Morgan fingerprint density at radius 1 is 0.833 bits per heavy atom. The van der Waals surface area contributed by atoms with Crippen molar-refractivity contribution in [3.8, 4) is 0 Å². The van der Waals surface area contributed by atoms with Crippen molar-refractivity contribution in [1.82, 2.24) is 4.90 Å². The van der Waals surface area contributed by atoms with Crippen molar-refractivity contribution in [3.63, 3.8) is 0 Å². The number of halogens is 1. The van der Waals surface area contributed by atoms with E-state index >= 15 is 0 Å². The van der Waals surface area contributed by atoms with Crippen molar-refractivity contribution in [2.24, 2.45) is 0 Å². The van der Waals surface area contributed by atoms with Gasteiger partial charge in [-0.05, 0) is 42.7 Å². The molecular formula is C26H28ClNO2. The van der Waals surface area contributed by atoms with Crippen molar-refractivity contribution < 1.29 is 9.53 Å². The van der Waals surface area contributed by atoms with Crippen molar-refractivity contribution >= 4 is 17.6 Å². The lowest BCUT2D eigenvalue weighted by molar-refractivity contribution is -0.149. The highest BCUT2D eigenvalue weighted by molar-refractivity contribution is 6.30. The van der Waals surface area contributed by atoms with E-state index in [1.165, 1.54) is 11.1 Å². The summed E-state index contributed by atoms with van der Waals surface area (Å²) in [7, 11) is 0. The third kappa shape index (κ3) is 6.72. The molecule has 0 heterocycles. The Labute approximate surface area is 184 Å². The summed E-state index contributed by atoms with van der Waals surface area (Å²) in [6.07, 6.45) is 0.138. The van der Waals surface area contributed by atoms with E-state index in [-0.39, 0.29) is 24.5 Å². The summed E-state index contributed by atoms with van der Waals surface area (Å²) >= 11 is 6.12. The summed E-state index contributed by atoms with van der Waals surface area (Å²) in [4.78, 5) is 15.0. The Morgan fingerprint density at radius 3 is 1.80 bits per heavy atom. The zero-order valence-electron chi connectivity index (χ0n) is 17.5. The Balaban J connectivity index is 1.94. The molecule has 0 aliphatic rings. The van der Waals surface area contributed by atoms with Crippen LogP contribution in [0.3, 0.4) is 0 Å². The Bertz CT molecular complexity index is 869. The molecule has 0 saturated carbocycles. The Kier molecular flexibility index (Phi) is 8.06. The maximum atomic E-state index is 12.6. The minimum absolute atomic E-state index is 0.131. The summed E-state index contributed by atoms with van der Waals surface area (Å²) < 4.78 is 5.48. The first-order chi connectivity index (χ1) is 14.5. The zero-order chi connectivity index (χ0) is 21.3. The number of rotatable bonds is 9. The minimum Gasteiger partial charge on any atom is -0.463 e. The molecular weight excluding hydrogens is 394 g/mol. The molecule has 0 saturated heterocycles. The van der Waals surface area contributed by atoms with Gasteiger partial charge in [0.25, 0.3) is 0 Å². The quantitative estimate of drug-likeness (QED) is 0.373. The van der Waals surface area contributed by atoms with Gasteiger partial charge in [-0.2, -0.15) is 0 Å². The molecule has 0 fully saturated rings. The molecule has 0 spiro atoms. The fourth-order valence-electron chi connectivity index (χ4n) is 3.52. The lowest BCUT2D eigenvalue weighted by Gasteiger charge is -2.32. The SMILES string of the molecule is CC(C)OC(=O)CC(c1ccc(Cl)cc1)N(Cc1ccccc1)Cc1ccccc1. The van der Waals surface area contributed by atoms with Gasteiger partial charge in [0.2, 0.25) is 0 Å². The van der Waals surface area contributed by atoms with Gasteiger partial charge in [0.05, 0.1) is 12.5 Å². The van der Waals surface area contributed by atoms with Crippen LogP contribution in [0.15, 0.2) is 84.9 Å². The second-order valence-corrected chi connectivity index (χ2v) is 8.12. The molecule has 0 amide bonds. The highest BCUT2D eigenvalue weighted by Gasteiger charge is 2.25. The van der Waals surface area contributed by atoms with Crippen LogP contribution >= 0.6 is 11.6 Å². The number of carbonyl (C=O) groups excluding carboxylic acids is 1. The van der Waals surface area contributed by atoms with Crippen LogP contribution in [0.5, 0.6) is 0 Å². The second-order valence-electron chi connectivity index (χ2n) is 7.69. The molecule has 4 heteroatoms. The van der Waals surface area contributed by atoms with Gasteiger partial charge < -0.3 is 4.74 Å². The van der Waals surface area contributed by atoms with Gasteiger partial charge in [0.1, 0.15) is 0 Å². The Morgan fingerprint density at radius 2 is 1.33 bits per heavy atom. The third-order valence-electron chi connectivity index (χ3n) is 4.88. The summed E-state index contributed by atoms with van der Waals surface area (Å²) in [6.45, 7) is 5.19. The molecule has 1 atom stereocenters. The van der Waals surface area contributed by atoms with Crippen molar-refractivity contribution in [3.05, 3.63) is 107 Å². The molecule has 30 heavy (non-hydrogen) atoms. The maximum Gasteiger partial charge on any atom is 0.307 e. The first-order valence-electron chi connectivity index (χ1n) is 10.3. The number of esters is 1. The van der Waals surface area contributed by atoms with Crippen LogP contribution in [0.25, 0.3) is 0 Å². The monoisotopic (exact) mass is 421 g/mol. The zero-order valence-corrected chi connectivity index (χ0v) is 18.3. The second kappa shape index (κ2) is 11.0. The minimum atomic E-state index is -0.198. The largest absolute Gasteiger partial charge is 0.463 e. The fourth-order valence-corrected chi connectivity index (χ4v) is 3.65. The van der Waals surface area contributed by atoms with Crippen LogP contribution in [-0.4, -0.2) is 17.0 Å². The molecule has 3 aromatic carbocycles. The van der Waals surface area contributed by atoms with Crippen LogP contribution in [-0.2, 0) is 22.6 Å². The van der Waals surface area contributed by atoms with E-state index in [1.807, 2.05) is 74.5 Å². The molecule has 3 nitrogen and oxygen atoms in total. The first-order valence-corrected chi connectivity index (χ1v) is 10.7. The van der Waals surface area contributed by atoms with E-state index in [4.69, 9.17) is 16.3 Å². The molecule has 0 aliphatic carbocycles. The summed E-state index contributed by atoms with van der Waals surface area (Å²) in [6, 6.07) is 28.3. The van der Waals surface area contributed by atoms with Gasteiger partial charge in [-0.3, -0.25) is 9.69 Å². The average molecular weight is 422 g/mol. The lowest BCUT2D eigenvalue weighted by Crippen LogP contribution is -2.31. The van der Waals surface area contributed by atoms with E-state index in [1.54, 1.807) is 0 Å². The molecule has 0 aliphatic heterocycles. The molecule has 0 bridgehead atoms. The predicted octanol–water partition coefficient (Wildman–Crippen LogP) is 6.43. The van der Waals surface area contributed by atoms with E-state index < -0.39 is 0 Å². The van der Waals surface area contributed by atoms with Gasteiger partial charge in [0.15, 0.2) is 0 Å². The summed E-state index contributed by atoms with van der Waals surface area (Å²) in [5, 5.41) is 0.680. The number of nitrogens with zero attached hydrogens (tertiary/aromatic N) is 1. The van der Waals surface area contributed by atoms with E-state index in [0.29, 0.717) is 5.02 Å². The van der Waals surface area contributed by atoms with Crippen LogP contribution < -0.4 is 0 Å². The highest BCUT2D eigenvalue weighted by atomic mass is 35.5. The molecule has 156 valence electrons. The predicted molar refractivity (Wildman–Crippen MR) is 122 cm³/mol. The van der Waals surface area contributed by atoms with Crippen LogP contribution in [0, 0.1) is 0 Å². The van der Waals surface area contributed by atoms with E-state index in [9.17, 15) is 4.79 Å². The van der Waals surface area contributed by atoms with Crippen LogP contribution in [0.2, 0.25) is 5.02 Å². The van der Waals surface area contributed by atoms with Gasteiger partial charge >= 0.3 is 5.97 Å². The lowest BCUT2D eigenvalue weighted by atomic mass is 10.00. The van der Waals surface area contributed by atoms with Gasteiger partial charge in [-0.1, -0.05) is 84.4 Å². The highest BCUT2D eigenvalue weighted by Crippen LogP contribution is 2.30. The summed E-state index contributed by atoms with van der Waals surface area (Å²) in [5.74, 6) is -0.198. The molecule has 0 N–H and O–H groups in total. The smallest absolute Gasteiger partial charge is 0.307 e. The molecule has 0 aromatic heterocycles. The normalized spacial score (nSPS) is 12.2. The summed E-state index contributed by atoms with van der Waals surface area (Å²) in [5.41, 5.74) is 3.45. The van der Waals surface area contributed by atoms with Crippen molar-refractivity contribution in [2.45, 2.75) is 45.5 Å². The van der Waals surface area contributed by atoms with Gasteiger partial charge in [-0.25, -0.2) is 0 Å². The fraction of sp³-hybridized carbons (Fsp3) is 0.269. The number of carbonyl (C=O) groups is 1. The first kappa shape index (κ1) is 22.1. The van der Waals surface area contributed by atoms with Gasteiger partial charge in [-0.15, -0.1) is 0 Å². The number of hydrogen-bond donors (Lipinski definition) is 0. The number of benzene rings is 3. The van der Waals surface area contributed by atoms with Gasteiger partial charge in [0, 0.05) is 24.2 Å². The average Bonchev–Trinajstić information content (AvgIpc) is 2.73. The molecule has 0 radical (unpaired) electrons. The van der Waals surface area contributed by atoms with Crippen LogP contribution in [0.4, 0.5) is 0 Å².